The van der Waals surface area contributed by atoms with Crippen LogP contribution in [0.5, 0.6) is 0 Å². The first-order valence-electron chi connectivity index (χ1n) is 6.55. The van der Waals surface area contributed by atoms with Crippen LogP contribution in [0.15, 0.2) is 41.1 Å². The third kappa shape index (κ3) is 5.07. The maximum absolute atomic E-state index is 11.1. The van der Waals surface area contributed by atoms with Crippen LogP contribution >= 0.6 is 11.3 Å². The van der Waals surface area contributed by atoms with Gasteiger partial charge >= 0.3 is 5.97 Å². The van der Waals surface area contributed by atoms with E-state index in [1.165, 1.54) is 7.11 Å². The van der Waals surface area contributed by atoms with E-state index in [2.05, 4.69) is 16.6 Å². The van der Waals surface area contributed by atoms with Crippen LogP contribution < -0.4 is 0 Å². The normalized spacial score (nSPS) is 11.3. The molecule has 0 bridgehead atoms. The lowest BCUT2D eigenvalue weighted by Crippen LogP contribution is -2.17. The highest BCUT2D eigenvalue weighted by molar-refractivity contribution is 7.08. The Morgan fingerprint density at radius 2 is 2.14 bits per heavy atom. The zero-order valence-electron chi connectivity index (χ0n) is 11.7. The Labute approximate surface area is 128 Å². The molecule has 1 heterocycles. The zero-order valence-corrected chi connectivity index (χ0v) is 12.5. The van der Waals surface area contributed by atoms with Crippen LogP contribution in [-0.4, -0.2) is 24.3 Å². The fourth-order valence-corrected chi connectivity index (χ4v) is 2.46. The van der Waals surface area contributed by atoms with Crippen molar-refractivity contribution in [1.29, 1.82) is 0 Å². The van der Waals surface area contributed by atoms with Crippen LogP contribution in [0.3, 0.4) is 0 Å². The minimum Gasteiger partial charge on any atom is -0.469 e. The van der Waals surface area contributed by atoms with Gasteiger partial charge in [-0.1, -0.05) is 24.0 Å². The van der Waals surface area contributed by atoms with E-state index in [1.54, 1.807) is 11.3 Å². The maximum atomic E-state index is 11.1. The van der Waals surface area contributed by atoms with Crippen molar-refractivity contribution in [2.24, 2.45) is 0 Å². The summed E-state index contributed by atoms with van der Waals surface area (Å²) >= 11 is 1.61. The van der Waals surface area contributed by atoms with Crippen LogP contribution in [-0.2, 0) is 16.0 Å². The largest absolute Gasteiger partial charge is 0.469 e. The fourth-order valence-electron chi connectivity index (χ4n) is 1.88. The summed E-state index contributed by atoms with van der Waals surface area (Å²) in [5.41, 5.74) is 2.84. The highest BCUT2D eigenvalue weighted by Gasteiger charge is 2.11. The molecule has 0 unspecified atom stereocenters. The van der Waals surface area contributed by atoms with Gasteiger partial charge in [-0.2, -0.15) is 11.3 Å². The number of carbonyl (C=O) groups excluding carboxylic acids is 1. The van der Waals surface area contributed by atoms with Gasteiger partial charge in [0.1, 0.15) is 0 Å². The van der Waals surface area contributed by atoms with E-state index < -0.39 is 12.1 Å². The molecule has 1 atom stereocenters. The van der Waals surface area contributed by atoms with Crippen molar-refractivity contribution in [3.05, 3.63) is 57.8 Å². The molecular formula is C17H16O3S. The topological polar surface area (TPSA) is 46.5 Å². The van der Waals surface area contributed by atoms with E-state index in [-0.39, 0.29) is 6.42 Å². The van der Waals surface area contributed by atoms with E-state index in [0.717, 1.165) is 16.7 Å². The van der Waals surface area contributed by atoms with E-state index in [0.29, 0.717) is 6.42 Å². The van der Waals surface area contributed by atoms with Crippen LogP contribution in [0.4, 0.5) is 0 Å². The second-order valence-electron chi connectivity index (χ2n) is 4.60. The molecule has 0 saturated heterocycles. The molecule has 0 amide bonds. The van der Waals surface area contributed by atoms with Gasteiger partial charge in [0.05, 0.1) is 19.6 Å². The van der Waals surface area contributed by atoms with E-state index in [1.807, 2.05) is 41.1 Å². The van der Waals surface area contributed by atoms with Crippen molar-refractivity contribution in [1.82, 2.24) is 0 Å². The van der Waals surface area contributed by atoms with Gasteiger partial charge < -0.3 is 9.84 Å². The predicted molar refractivity (Wildman–Crippen MR) is 83.1 cm³/mol. The van der Waals surface area contributed by atoms with Gasteiger partial charge in [0.2, 0.25) is 0 Å². The lowest BCUT2D eigenvalue weighted by atomic mass is 10.0. The molecule has 0 fully saturated rings. The van der Waals surface area contributed by atoms with Crippen molar-refractivity contribution >= 4 is 17.3 Å². The molecule has 1 N–H and O–H groups in total. The van der Waals surface area contributed by atoms with E-state index in [9.17, 15) is 9.90 Å². The molecule has 1 aromatic heterocycles. The first-order chi connectivity index (χ1) is 10.2. The first kappa shape index (κ1) is 15.3. The number of benzene rings is 1. The van der Waals surface area contributed by atoms with Gasteiger partial charge in [-0.3, -0.25) is 4.79 Å². The first-order valence-corrected chi connectivity index (χ1v) is 7.49. The maximum Gasteiger partial charge on any atom is 0.308 e. The Morgan fingerprint density at radius 3 is 2.86 bits per heavy atom. The van der Waals surface area contributed by atoms with Crippen LogP contribution in [0, 0.1) is 11.8 Å². The van der Waals surface area contributed by atoms with Crippen molar-refractivity contribution in [3.63, 3.8) is 0 Å². The Balaban J connectivity index is 2.02. The smallest absolute Gasteiger partial charge is 0.308 e. The SMILES string of the molecule is COC(=O)C[C@@H](O)Cc1cccc(C#Cc2ccsc2)c1. The summed E-state index contributed by atoms with van der Waals surface area (Å²) in [7, 11) is 1.32. The summed E-state index contributed by atoms with van der Waals surface area (Å²) in [4.78, 5) is 11.1. The Kier molecular flexibility index (Phi) is 5.56. The standard InChI is InChI=1S/C17H16O3S/c1-20-17(19)11-16(18)10-15-4-2-3-13(9-15)5-6-14-7-8-21-12-14/h2-4,7-9,12,16,18H,10-11H2,1H3/t16-/m0/s1. The minimum atomic E-state index is -0.738. The molecule has 0 aliphatic heterocycles. The lowest BCUT2D eigenvalue weighted by molar-refractivity contribution is -0.142. The van der Waals surface area contributed by atoms with Crippen LogP contribution in [0.2, 0.25) is 0 Å². The number of aliphatic hydroxyl groups is 1. The molecule has 2 aromatic rings. The summed E-state index contributed by atoms with van der Waals surface area (Å²) in [5.74, 6) is 5.78. The van der Waals surface area contributed by atoms with Gasteiger partial charge in [-0.15, -0.1) is 0 Å². The molecule has 108 valence electrons. The molecule has 0 aliphatic carbocycles. The van der Waals surface area contributed by atoms with Gasteiger partial charge in [-0.25, -0.2) is 0 Å². The highest BCUT2D eigenvalue weighted by atomic mass is 32.1. The number of rotatable bonds is 4. The summed E-state index contributed by atoms with van der Waals surface area (Å²) < 4.78 is 4.54. The van der Waals surface area contributed by atoms with Crippen molar-refractivity contribution in [2.75, 3.05) is 7.11 Å². The zero-order chi connectivity index (χ0) is 15.1. The second kappa shape index (κ2) is 7.63. The predicted octanol–water partition coefficient (Wildman–Crippen LogP) is 2.61. The molecule has 1 aromatic carbocycles. The van der Waals surface area contributed by atoms with Crippen molar-refractivity contribution in [3.8, 4) is 11.8 Å². The third-order valence-electron chi connectivity index (χ3n) is 2.90. The number of ether oxygens (including phenoxy) is 1. The molecule has 4 heteroatoms. The molecule has 0 radical (unpaired) electrons. The molecule has 0 saturated carbocycles. The monoisotopic (exact) mass is 300 g/mol. The molecule has 0 spiro atoms. The Morgan fingerprint density at radius 1 is 1.33 bits per heavy atom. The lowest BCUT2D eigenvalue weighted by Gasteiger charge is -2.09. The van der Waals surface area contributed by atoms with Gasteiger partial charge in [0, 0.05) is 16.5 Å². The van der Waals surface area contributed by atoms with Crippen molar-refractivity contribution < 1.29 is 14.6 Å². The molecular weight excluding hydrogens is 284 g/mol. The number of aliphatic hydroxyl groups excluding tert-OH is 1. The van der Waals surface area contributed by atoms with Gasteiger partial charge in [0.15, 0.2) is 0 Å². The Bertz CT molecular complexity index is 650. The second-order valence-corrected chi connectivity index (χ2v) is 5.38. The number of methoxy groups -OCH3 is 1. The minimum absolute atomic E-state index is 0.00130. The number of carbonyl (C=O) groups is 1. The highest BCUT2D eigenvalue weighted by Crippen LogP contribution is 2.10. The quantitative estimate of drug-likeness (QED) is 0.697. The molecule has 0 aliphatic rings. The van der Waals surface area contributed by atoms with E-state index in [4.69, 9.17) is 0 Å². The molecule has 2 rings (SSSR count). The van der Waals surface area contributed by atoms with Crippen LogP contribution in [0.1, 0.15) is 23.1 Å². The number of hydrogen-bond donors (Lipinski definition) is 1. The fraction of sp³-hybridized carbons (Fsp3) is 0.235. The average Bonchev–Trinajstić information content (AvgIpc) is 2.98. The summed E-state index contributed by atoms with van der Waals surface area (Å²) in [5, 5.41) is 13.8. The summed E-state index contributed by atoms with van der Waals surface area (Å²) in [6, 6.07) is 9.64. The molecule has 21 heavy (non-hydrogen) atoms. The molecule has 3 nitrogen and oxygen atoms in total. The van der Waals surface area contributed by atoms with Crippen molar-refractivity contribution in [2.45, 2.75) is 18.9 Å². The Hall–Kier alpha value is -2.09. The van der Waals surface area contributed by atoms with Gasteiger partial charge in [-0.05, 0) is 35.6 Å². The summed E-state index contributed by atoms with van der Waals surface area (Å²) in [6.07, 6.45) is -0.331. The van der Waals surface area contributed by atoms with Crippen LogP contribution in [0.25, 0.3) is 0 Å². The number of thiophene rings is 1. The summed E-state index contributed by atoms with van der Waals surface area (Å²) in [6.45, 7) is 0. The number of hydrogen-bond acceptors (Lipinski definition) is 4. The third-order valence-corrected chi connectivity index (χ3v) is 3.58. The number of esters is 1. The average molecular weight is 300 g/mol. The van der Waals surface area contributed by atoms with Gasteiger partial charge in [0.25, 0.3) is 0 Å². The van der Waals surface area contributed by atoms with E-state index >= 15 is 0 Å².